The van der Waals surface area contributed by atoms with E-state index in [2.05, 4.69) is 0 Å². The van der Waals surface area contributed by atoms with Gasteiger partial charge < -0.3 is 16.0 Å². The number of nitrogens with two attached hydrogens (primary N) is 2. The first-order valence-electron chi connectivity index (χ1n) is 3.86. The fraction of sp³-hybridized carbons (Fsp3) is 0.375. The second kappa shape index (κ2) is 3.92. The number of aromatic nitrogens is 1. The van der Waals surface area contributed by atoms with Crippen LogP contribution in [0.2, 0.25) is 0 Å². The molecule has 0 saturated heterocycles. The summed E-state index contributed by atoms with van der Waals surface area (Å²) in [5.41, 5.74) is 11.5. The van der Waals surface area contributed by atoms with Gasteiger partial charge in [-0.25, -0.2) is 0 Å². The number of amides is 1. The van der Waals surface area contributed by atoms with Crippen LogP contribution in [0, 0.1) is 0 Å². The Morgan fingerprint density at radius 3 is 2.92 bits per heavy atom. The fourth-order valence-electron chi connectivity index (χ4n) is 1.08. The molecule has 0 aliphatic rings. The first kappa shape index (κ1) is 8.80. The smallest absolute Gasteiger partial charge is 0.219 e. The molecule has 0 saturated carbocycles. The van der Waals surface area contributed by atoms with Gasteiger partial charge in [0, 0.05) is 31.4 Å². The van der Waals surface area contributed by atoms with Gasteiger partial charge in [0.05, 0.1) is 0 Å². The molecule has 0 fully saturated rings. The van der Waals surface area contributed by atoms with E-state index >= 15 is 0 Å². The lowest BCUT2D eigenvalue weighted by atomic mass is 10.4. The summed E-state index contributed by atoms with van der Waals surface area (Å²) in [5, 5.41) is 0. The number of carbonyl (C=O) groups is 1. The van der Waals surface area contributed by atoms with Crippen molar-refractivity contribution < 1.29 is 4.79 Å². The van der Waals surface area contributed by atoms with Crippen molar-refractivity contribution in [1.29, 1.82) is 0 Å². The van der Waals surface area contributed by atoms with Gasteiger partial charge in [-0.2, -0.15) is 0 Å². The minimum atomic E-state index is -0.285. The van der Waals surface area contributed by atoms with Crippen molar-refractivity contribution in [2.45, 2.75) is 19.5 Å². The number of rotatable bonds is 4. The molecule has 0 atom stereocenters. The van der Waals surface area contributed by atoms with E-state index in [1.165, 1.54) is 0 Å². The summed E-state index contributed by atoms with van der Waals surface area (Å²) in [6.45, 7) is 1.11. The molecule has 0 radical (unpaired) electrons. The van der Waals surface area contributed by atoms with Crippen LogP contribution in [0.1, 0.15) is 12.1 Å². The topological polar surface area (TPSA) is 74.0 Å². The van der Waals surface area contributed by atoms with E-state index in [1.54, 1.807) is 0 Å². The van der Waals surface area contributed by atoms with Gasteiger partial charge in [-0.15, -0.1) is 0 Å². The maximum absolute atomic E-state index is 10.5. The van der Waals surface area contributed by atoms with Crippen molar-refractivity contribution >= 4 is 5.91 Å². The lowest BCUT2D eigenvalue weighted by molar-refractivity contribution is -0.118. The van der Waals surface area contributed by atoms with E-state index in [-0.39, 0.29) is 5.91 Å². The molecular weight excluding hydrogens is 154 g/mol. The van der Waals surface area contributed by atoms with Crippen LogP contribution in [-0.2, 0) is 17.9 Å². The van der Waals surface area contributed by atoms with Crippen molar-refractivity contribution in [2.75, 3.05) is 0 Å². The van der Waals surface area contributed by atoms with E-state index < -0.39 is 0 Å². The molecule has 0 bridgehead atoms. The zero-order valence-corrected chi connectivity index (χ0v) is 6.86. The van der Waals surface area contributed by atoms with Crippen LogP contribution >= 0.6 is 0 Å². The number of hydrogen-bond donors (Lipinski definition) is 2. The summed E-state index contributed by atoms with van der Waals surface area (Å²) < 4.78 is 1.94. The van der Waals surface area contributed by atoms with Crippen LogP contribution in [0.3, 0.4) is 0 Å². The van der Waals surface area contributed by atoms with Crippen molar-refractivity contribution in [3.63, 3.8) is 0 Å². The van der Waals surface area contributed by atoms with Crippen LogP contribution in [0.4, 0.5) is 0 Å². The Morgan fingerprint density at radius 2 is 2.33 bits per heavy atom. The average molecular weight is 167 g/mol. The summed E-state index contributed by atoms with van der Waals surface area (Å²) >= 11 is 0. The van der Waals surface area contributed by atoms with Gasteiger partial charge in [0.1, 0.15) is 0 Å². The number of hydrogen-bond acceptors (Lipinski definition) is 2. The molecule has 12 heavy (non-hydrogen) atoms. The Bertz CT molecular complexity index is 267. The van der Waals surface area contributed by atoms with Crippen LogP contribution in [-0.4, -0.2) is 10.5 Å². The minimum Gasteiger partial charge on any atom is -0.370 e. The van der Waals surface area contributed by atoms with Gasteiger partial charge >= 0.3 is 0 Å². The largest absolute Gasteiger partial charge is 0.370 e. The molecule has 0 spiro atoms. The molecule has 4 nitrogen and oxygen atoms in total. The second-order valence-electron chi connectivity index (χ2n) is 2.61. The highest BCUT2D eigenvalue weighted by atomic mass is 16.1. The van der Waals surface area contributed by atoms with Crippen LogP contribution < -0.4 is 11.5 Å². The highest BCUT2D eigenvalue weighted by molar-refractivity contribution is 5.73. The standard InChI is InChI=1S/C8H13N3O/c9-6-7-2-1-4-11(7)5-3-8(10)12/h1-2,4H,3,5-6,9H2,(H2,10,12). The Hall–Kier alpha value is -1.29. The van der Waals surface area contributed by atoms with Gasteiger partial charge in [-0.05, 0) is 12.1 Å². The number of aryl methyl sites for hydroxylation is 1. The molecule has 1 rings (SSSR count). The Labute approximate surface area is 71.2 Å². The first-order chi connectivity index (χ1) is 5.74. The highest BCUT2D eigenvalue weighted by Gasteiger charge is 1.99. The third kappa shape index (κ3) is 2.10. The normalized spacial score (nSPS) is 10.1. The zero-order chi connectivity index (χ0) is 8.97. The molecular formula is C8H13N3O. The fourth-order valence-corrected chi connectivity index (χ4v) is 1.08. The predicted molar refractivity (Wildman–Crippen MR) is 46.1 cm³/mol. The summed E-state index contributed by atoms with van der Waals surface area (Å²) in [4.78, 5) is 10.5. The van der Waals surface area contributed by atoms with Crippen molar-refractivity contribution in [1.82, 2.24) is 4.57 Å². The number of nitrogens with zero attached hydrogens (tertiary/aromatic N) is 1. The van der Waals surface area contributed by atoms with Gasteiger partial charge in [-0.1, -0.05) is 0 Å². The van der Waals surface area contributed by atoms with Crippen LogP contribution in [0.5, 0.6) is 0 Å². The van der Waals surface area contributed by atoms with E-state index in [0.717, 1.165) is 5.69 Å². The van der Waals surface area contributed by atoms with Gasteiger partial charge in [0.15, 0.2) is 0 Å². The molecule has 0 aromatic carbocycles. The summed E-state index contributed by atoms with van der Waals surface area (Å²) in [6, 6.07) is 3.84. The molecule has 4 N–H and O–H groups in total. The number of primary amides is 1. The molecule has 1 heterocycles. The molecule has 1 amide bonds. The van der Waals surface area contributed by atoms with Crippen LogP contribution in [0.15, 0.2) is 18.3 Å². The molecule has 66 valence electrons. The number of carbonyl (C=O) groups excluding carboxylic acids is 1. The molecule has 1 aromatic rings. The first-order valence-corrected chi connectivity index (χ1v) is 3.86. The van der Waals surface area contributed by atoms with E-state index in [9.17, 15) is 4.79 Å². The Balaban J connectivity index is 2.56. The van der Waals surface area contributed by atoms with Crippen molar-refractivity contribution in [3.8, 4) is 0 Å². The monoisotopic (exact) mass is 167 g/mol. The van der Waals surface area contributed by atoms with E-state index in [1.807, 2.05) is 22.9 Å². The second-order valence-corrected chi connectivity index (χ2v) is 2.61. The maximum atomic E-state index is 10.5. The van der Waals surface area contributed by atoms with Crippen molar-refractivity contribution in [2.24, 2.45) is 11.5 Å². The van der Waals surface area contributed by atoms with Gasteiger partial charge in [0.2, 0.25) is 5.91 Å². The van der Waals surface area contributed by atoms with Gasteiger partial charge in [-0.3, -0.25) is 4.79 Å². The molecule has 0 unspecified atom stereocenters. The zero-order valence-electron chi connectivity index (χ0n) is 6.86. The van der Waals surface area contributed by atoms with Crippen LogP contribution in [0.25, 0.3) is 0 Å². The lowest BCUT2D eigenvalue weighted by Gasteiger charge is -2.04. The minimum absolute atomic E-state index is 0.285. The molecule has 0 aliphatic carbocycles. The predicted octanol–water partition coefficient (Wildman–Crippen LogP) is -0.178. The summed E-state index contributed by atoms with van der Waals surface area (Å²) in [7, 11) is 0. The van der Waals surface area contributed by atoms with E-state index in [4.69, 9.17) is 11.5 Å². The van der Waals surface area contributed by atoms with Crippen molar-refractivity contribution in [3.05, 3.63) is 24.0 Å². The average Bonchev–Trinajstić information content (AvgIpc) is 2.47. The van der Waals surface area contributed by atoms with E-state index in [0.29, 0.717) is 19.5 Å². The summed E-state index contributed by atoms with van der Waals surface area (Å²) in [5.74, 6) is -0.285. The maximum Gasteiger partial charge on any atom is 0.219 e. The highest BCUT2D eigenvalue weighted by Crippen LogP contribution is 2.01. The molecule has 4 heteroatoms. The lowest BCUT2D eigenvalue weighted by Crippen LogP contribution is -2.15. The third-order valence-electron chi connectivity index (χ3n) is 1.73. The summed E-state index contributed by atoms with van der Waals surface area (Å²) in [6.07, 6.45) is 2.26. The Morgan fingerprint density at radius 1 is 1.58 bits per heavy atom. The third-order valence-corrected chi connectivity index (χ3v) is 1.73. The molecule has 0 aliphatic heterocycles. The SMILES string of the molecule is NCc1cccn1CCC(N)=O. The van der Waals surface area contributed by atoms with Gasteiger partial charge in [0.25, 0.3) is 0 Å². The quantitative estimate of drug-likeness (QED) is 0.653. The molecule has 1 aromatic heterocycles. The Kier molecular flexibility index (Phi) is 2.88.